The average Bonchev–Trinajstić information content (AvgIpc) is 1.39. The molecule has 6 aromatic rings. The van der Waals surface area contributed by atoms with Crippen LogP contribution < -0.4 is 85.3 Å². The van der Waals surface area contributed by atoms with Crippen molar-refractivity contribution in [3.8, 4) is 143 Å². The Kier molecular flexibility index (Phi) is 19.3. The van der Waals surface area contributed by atoms with Crippen LogP contribution in [0.3, 0.4) is 0 Å². The number of cyclic esters (lactones) is 1. The van der Waals surface area contributed by atoms with Crippen molar-refractivity contribution in [1.82, 2.24) is 0 Å². The third-order valence-electron chi connectivity index (χ3n) is 16.5. The van der Waals surface area contributed by atoms with E-state index in [2.05, 4.69) is 0 Å². The molecule has 0 spiro atoms. The van der Waals surface area contributed by atoms with E-state index in [4.69, 9.17) is 114 Å². The zero-order chi connectivity index (χ0) is 70.3. The molecule has 0 aliphatic carbocycles. The minimum absolute atomic E-state index is 0.0196. The predicted molar refractivity (Wildman–Crippen MR) is 330 cm³/mol. The quantitative estimate of drug-likeness (QED) is 0.0572. The van der Waals surface area contributed by atoms with Gasteiger partial charge in [0.1, 0.15) is 18.3 Å². The molecule has 0 amide bonds. The molecule has 0 saturated heterocycles. The Labute approximate surface area is 552 Å². The summed E-state index contributed by atoms with van der Waals surface area (Å²) in [6.07, 6.45) is -11.7. The first kappa shape index (κ1) is 68.4. The number of aliphatic hydroxyl groups is 1. The van der Waals surface area contributed by atoms with Crippen LogP contribution in [0, 0.1) is 0 Å². The number of hydrogen-bond donors (Lipinski definition) is 1. The summed E-state index contributed by atoms with van der Waals surface area (Å²) in [5.74, 6) is -13.3. The van der Waals surface area contributed by atoms with Crippen molar-refractivity contribution in [2.24, 2.45) is 0 Å². The second kappa shape index (κ2) is 27.5. The normalized spacial score (nSPS) is 17.2. The monoisotopic (exact) mass is 1350 g/mol. The first-order valence-corrected chi connectivity index (χ1v) is 28.8. The van der Waals surface area contributed by atoms with E-state index in [0.717, 1.165) is 26.4 Å². The van der Waals surface area contributed by atoms with Gasteiger partial charge in [0, 0.05) is 51.1 Å². The van der Waals surface area contributed by atoms with E-state index in [1.165, 1.54) is 126 Å². The third kappa shape index (κ3) is 10.5. The van der Waals surface area contributed by atoms with E-state index in [1.807, 2.05) is 0 Å². The van der Waals surface area contributed by atoms with Crippen molar-refractivity contribution in [2.45, 2.75) is 30.5 Å². The lowest BCUT2D eigenvalue weighted by atomic mass is 9.80. The van der Waals surface area contributed by atoms with Gasteiger partial charge in [-0.05, 0) is 12.1 Å². The van der Waals surface area contributed by atoms with E-state index in [-0.39, 0.29) is 114 Å². The van der Waals surface area contributed by atoms with Crippen LogP contribution in [0.1, 0.15) is 73.8 Å². The second-order valence-electron chi connectivity index (χ2n) is 20.7. The molecule has 31 heteroatoms. The standard InChI is InChI=1S/C66H66O31/c1-74-28-19-24-33(49(81-8)44(28)77-4)34-26(21-31(47(80-7)50(34)82-9)93-43-27(61(68)91-18)22-30(76-3)46(79-6)57(43)88-15)64(71)95-48-32(23-92-62(24)69)94-63(70)25-20-29(75-2)45(78-5)51(83-10)35(25)36-39-37(53(85-12)58(89-16)52(36)84-11)38-40-41(55(87-14)59(90-17)54(38)86-13)42(67)56(96-66(40)73)60(48)97-65(39)72/h19-22,32,42,48,56,60,67H,23H2,1-18H3. The maximum atomic E-state index is 16.7. The fraction of sp³-hybridized carbons (Fsp3) is 0.364. The van der Waals surface area contributed by atoms with Gasteiger partial charge in [-0.25, -0.2) is 28.8 Å². The Bertz CT molecular complexity index is 4230. The summed E-state index contributed by atoms with van der Waals surface area (Å²) in [5.41, 5.74) is -5.91. The number of carbonyl (C=O) groups excluding carboxylic acids is 6. The van der Waals surface area contributed by atoms with Gasteiger partial charge in [-0.3, -0.25) is 0 Å². The van der Waals surface area contributed by atoms with Gasteiger partial charge in [-0.1, -0.05) is 0 Å². The van der Waals surface area contributed by atoms with Gasteiger partial charge in [-0.15, -0.1) is 0 Å². The average molecular weight is 1360 g/mol. The molecule has 5 aliphatic rings. The summed E-state index contributed by atoms with van der Waals surface area (Å²) in [7, 11) is 21.9. The third-order valence-corrected chi connectivity index (χ3v) is 16.5. The largest absolute Gasteiger partial charge is 0.493 e. The van der Waals surface area contributed by atoms with Crippen LogP contribution in [0.25, 0.3) is 33.4 Å². The number of hydrogen-bond acceptors (Lipinski definition) is 31. The molecule has 5 aliphatic heterocycles. The van der Waals surface area contributed by atoms with Crippen molar-refractivity contribution in [3.05, 3.63) is 63.2 Å². The molecule has 0 aromatic heterocycles. The van der Waals surface area contributed by atoms with Crippen LogP contribution in [-0.2, 0) is 28.4 Å². The van der Waals surface area contributed by atoms with Crippen molar-refractivity contribution >= 4 is 35.8 Å². The van der Waals surface area contributed by atoms with E-state index >= 15 is 24.0 Å². The van der Waals surface area contributed by atoms with Crippen molar-refractivity contribution in [3.63, 3.8) is 0 Å². The van der Waals surface area contributed by atoms with Crippen LogP contribution >= 0.6 is 0 Å². The summed E-state index contributed by atoms with van der Waals surface area (Å²) >= 11 is 0. The number of esters is 6. The molecule has 31 nitrogen and oxygen atoms in total. The summed E-state index contributed by atoms with van der Waals surface area (Å²) < 4.78 is 145. The minimum atomic E-state index is -2.47. The fourth-order valence-corrected chi connectivity index (χ4v) is 12.5. The second-order valence-corrected chi connectivity index (χ2v) is 20.7. The molecule has 6 bridgehead atoms. The molecule has 0 fully saturated rings. The Balaban J connectivity index is 1.40. The van der Waals surface area contributed by atoms with E-state index in [9.17, 15) is 9.90 Å². The highest BCUT2D eigenvalue weighted by Gasteiger charge is 2.56. The van der Waals surface area contributed by atoms with Crippen molar-refractivity contribution in [2.75, 3.05) is 135 Å². The molecule has 0 saturated carbocycles. The molecule has 5 heterocycles. The number of benzene rings is 6. The Morgan fingerprint density at radius 3 is 1.13 bits per heavy atom. The van der Waals surface area contributed by atoms with Gasteiger partial charge in [0.15, 0.2) is 93.4 Å². The number of rotatable bonds is 20. The summed E-state index contributed by atoms with van der Waals surface area (Å²) in [5, 5.41) is 13.3. The zero-order valence-electron chi connectivity index (χ0n) is 55.6. The lowest BCUT2D eigenvalue weighted by Crippen LogP contribution is -2.56. The molecular formula is C66H66O31. The van der Waals surface area contributed by atoms with Crippen LogP contribution in [0.2, 0.25) is 0 Å². The summed E-state index contributed by atoms with van der Waals surface area (Å²) in [4.78, 5) is 94.5. The van der Waals surface area contributed by atoms with E-state index < -0.39 is 140 Å². The van der Waals surface area contributed by atoms with Crippen LogP contribution in [-0.4, -0.2) is 200 Å². The number of aliphatic hydroxyl groups excluding tert-OH is 1. The Morgan fingerprint density at radius 1 is 0.330 bits per heavy atom. The SMILES string of the molecule is COC(=O)c1cc(OC)c(OC)c(OC)c1Oc1cc2c(c(OC)c1OC)-c1c(cc(OC)c(OC)c1OC)C(=O)OCC1OC(=O)c3cc(OC)c(OC)c(OC)c3-c3c(OC)c(OC)c(OC)c4c3C(=O)OC(C1OC2=O)C1OC(=O)c2c-4c(OC)c(OC)c(OC)c2C1O. The maximum absolute atomic E-state index is 16.7. The van der Waals surface area contributed by atoms with Gasteiger partial charge < -0.3 is 119 Å². The molecule has 5 atom stereocenters. The molecule has 1 N–H and O–H groups in total. The van der Waals surface area contributed by atoms with Crippen molar-refractivity contribution in [1.29, 1.82) is 0 Å². The molecule has 516 valence electrons. The predicted octanol–water partition coefficient (Wildman–Crippen LogP) is 7.46. The van der Waals surface area contributed by atoms with Crippen LogP contribution in [0.15, 0.2) is 24.3 Å². The molecule has 0 radical (unpaired) electrons. The molecule has 11 rings (SSSR count). The molecule has 97 heavy (non-hydrogen) atoms. The van der Waals surface area contributed by atoms with Gasteiger partial charge in [-0.2, -0.15) is 0 Å². The van der Waals surface area contributed by atoms with Gasteiger partial charge in [0.2, 0.25) is 40.2 Å². The highest BCUT2D eigenvalue weighted by Crippen LogP contribution is 2.64. The maximum Gasteiger partial charge on any atom is 0.341 e. The topological polar surface area (TPSA) is 344 Å². The zero-order valence-corrected chi connectivity index (χ0v) is 55.6. The van der Waals surface area contributed by atoms with Crippen LogP contribution in [0.5, 0.6) is 109 Å². The number of ether oxygens (including phenoxy) is 24. The number of fused-ring (bicyclic) bond motifs is 7. The number of carbonyl (C=O) groups is 6. The van der Waals surface area contributed by atoms with Crippen LogP contribution in [0.4, 0.5) is 0 Å². The minimum Gasteiger partial charge on any atom is -0.493 e. The lowest BCUT2D eigenvalue weighted by molar-refractivity contribution is -0.154. The Hall–Kier alpha value is -11.5. The van der Waals surface area contributed by atoms with E-state index in [0.29, 0.717) is 0 Å². The summed E-state index contributed by atoms with van der Waals surface area (Å²) in [6, 6.07) is 4.59. The Morgan fingerprint density at radius 2 is 0.670 bits per heavy atom. The summed E-state index contributed by atoms with van der Waals surface area (Å²) in [6.45, 7) is -1.18. The first-order chi connectivity index (χ1) is 46.8. The molecule has 6 aromatic carbocycles. The smallest absolute Gasteiger partial charge is 0.341 e. The number of methoxy groups -OCH3 is 18. The molecule has 5 unspecified atom stereocenters. The molecular weight excluding hydrogens is 1290 g/mol. The fourth-order valence-electron chi connectivity index (χ4n) is 12.5. The van der Waals surface area contributed by atoms with Gasteiger partial charge in [0.05, 0.1) is 156 Å². The highest BCUT2D eigenvalue weighted by atomic mass is 16.7. The first-order valence-electron chi connectivity index (χ1n) is 28.8. The van der Waals surface area contributed by atoms with E-state index in [1.54, 1.807) is 0 Å². The van der Waals surface area contributed by atoms with Crippen molar-refractivity contribution < 1.29 is 148 Å². The van der Waals surface area contributed by atoms with Gasteiger partial charge >= 0.3 is 35.8 Å². The van der Waals surface area contributed by atoms with Gasteiger partial charge in [0.25, 0.3) is 0 Å². The lowest BCUT2D eigenvalue weighted by Gasteiger charge is -2.41. The highest BCUT2D eigenvalue weighted by molar-refractivity contribution is 6.17.